The number of aromatic nitrogens is 2. The number of hydrogen-bond donors (Lipinski definition) is 1. The second-order valence-electron chi connectivity index (χ2n) is 4.02. The molecule has 0 fully saturated rings. The quantitative estimate of drug-likeness (QED) is 0.852. The highest BCUT2D eigenvalue weighted by Gasteiger charge is 2.11. The van der Waals surface area contributed by atoms with Gasteiger partial charge in [-0.2, -0.15) is 0 Å². The van der Waals surface area contributed by atoms with Crippen molar-refractivity contribution in [1.29, 1.82) is 0 Å². The van der Waals surface area contributed by atoms with Crippen molar-refractivity contribution in [1.82, 2.24) is 9.97 Å². The minimum Gasteiger partial charge on any atom is -0.376 e. The van der Waals surface area contributed by atoms with Crippen LogP contribution >= 0.6 is 22.6 Å². The van der Waals surface area contributed by atoms with Gasteiger partial charge in [-0.3, -0.25) is 9.97 Å². The summed E-state index contributed by atoms with van der Waals surface area (Å²) in [5, 5.41) is 3.32. The van der Waals surface area contributed by atoms with E-state index in [0.717, 1.165) is 20.6 Å². The Labute approximate surface area is 119 Å². The summed E-state index contributed by atoms with van der Waals surface area (Å²) in [6, 6.07) is 4.71. The molecule has 0 saturated carbocycles. The highest BCUT2D eigenvalue weighted by Crippen LogP contribution is 2.24. The maximum atomic E-state index is 13.0. The molecule has 0 radical (unpaired) electrons. The molecular weight excluding hydrogens is 344 g/mol. The molecule has 2 aromatic rings. The summed E-state index contributed by atoms with van der Waals surface area (Å²) in [5.41, 5.74) is 2.70. The lowest BCUT2D eigenvalue weighted by molar-refractivity contribution is 0.627. The third-order valence-corrected chi connectivity index (χ3v) is 3.52. The Bertz CT molecular complexity index is 560. The number of anilines is 1. The van der Waals surface area contributed by atoms with Crippen molar-refractivity contribution in [3.63, 3.8) is 0 Å². The molecule has 1 unspecified atom stereocenters. The van der Waals surface area contributed by atoms with E-state index in [0.29, 0.717) is 0 Å². The summed E-state index contributed by atoms with van der Waals surface area (Å²) in [6.45, 7) is 3.94. The van der Waals surface area contributed by atoms with Gasteiger partial charge in [0.25, 0.3) is 0 Å². The molecule has 0 amide bonds. The monoisotopic (exact) mass is 357 g/mol. The predicted molar refractivity (Wildman–Crippen MR) is 77.9 cm³/mol. The molecule has 94 valence electrons. The lowest BCUT2D eigenvalue weighted by atomic mass is 10.1. The zero-order valence-corrected chi connectivity index (χ0v) is 12.3. The van der Waals surface area contributed by atoms with Crippen molar-refractivity contribution in [2.24, 2.45) is 0 Å². The highest BCUT2D eigenvalue weighted by atomic mass is 127. The van der Waals surface area contributed by atoms with Crippen LogP contribution in [0.5, 0.6) is 0 Å². The van der Waals surface area contributed by atoms with E-state index in [1.54, 1.807) is 18.5 Å². The van der Waals surface area contributed by atoms with Crippen molar-refractivity contribution in [3.05, 3.63) is 51.4 Å². The maximum Gasteiger partial charge on any atom is 0.124 e. The van der Waals surface area contributed by atoms with Crippen LogP contribution in [0.25, 0.3) is 0 Å². The number of halogens is 2. The number of nitrogens with zero attached hydrogens (tertiary/aromatic N) is 2. The van der Waals surface area contributed by atoms with Crippen molar-refractivity contribution in [2.45, 2.75) is 19.9 Å². The van der Waals surface area contributed by atoms with Crippen molar-refractivity contribution in [3.8, 4) is 0 Å². The smallest absolute Gasteiger partial charge is 0.124 e. The predicted octanol–water partition coefficient (Wildman–Crippen LogP) is 3.70. The van der Waals surface area contributed by atoms with E-state index in [4.69, 9.17) is 0 Å². The lowest BCUT2D eigenvalue weighted by Crippen LogP contribution is -2.11. The number of nitrogens with one attached hydrogen (secondary N) is 1. The molecule has 0 spiro atoms. The van der Waals surface area contributed by atoms with Gasteiger partial charge in [0.15, 0.2) is 0 Å². The molecule has 1 aromatic heterocycles. The van der Waals surface area contributed by atoms with Gasteiger partial charge in [0, 0.05) is 21.7 Å². The fourth-order valence-electron chi connectivity index (χ4n) is 1.75. The second-order valence-corrected chi connectivity index (χ2v) is 5.18. The molecule has 1 heterocycles. The fourth-order valence-corrected chi connectivity index (χ4v) is 2.38. The molecule has 5 heteroatoms. The molecule has 0 bridgehead atoms. The summed E-state index contributed by atoms with van der Waals surface area (Å²) >= 11 is 2.11. The first-order valence-corrected chi connectivity index (χ1v) is 6.65. The molecule has 0 aliphatic carbocycles. The van der Waals surface area contributed by atoms with Crippen LogP contribution in [0.1, 0.15) is 24.4 Å². The van der Waals surface area contributed by atoms with Crippen LogP contribution in [-0.2, 0) is 0 Å². The van der Waals surface area contributed by atoms with Gasteiger partial charge >= 0.3 is 0 Å². The maximum absolute atomic E-state index is 13.0. The van der Waals surface area contributed by atoms with Gasteiger partial charge in [0.2, 0.25) is 0 Å². The standard InChI is InChI=1S/C13H13FIN3/c1-8-13(17-6-5-16-8)9(2)18-12-4-3-10(14)7-11(12)15/h3-7,9,18H,1-2H3. The number of hydrogen-bond acceptors (Lipinski definition) is 3. The van der Waals surface area contributed by atoms with E-state index in [9.17, 15) is 4.39 Å². The van der Waals surface area contributed by atoms with Gasteiger partial charge in [-0.25, -0.2) is 4.39 Å². The van der Waals surface area contributed by atoms with Crippen LogP contribution in [0.15, 0.2) is 30.6 Å². The van der Waals surface area contributed by atoms with E-state index >= 15 is 0 Å². The third kappa shape index (κ3) is 2.95. The number of rotatable bonds is 3. The molecule has 0 saturated heterocycles. The van der Waals surface area contributed by atoms with Crippen molar-refractivity contribution >= 4 is 28.3 Å². The second kappa shape index (κ2) is 5.60. The summed E-state index contributed by atoms with van der Waals surface area (Å²) in [6.07, 6.45) is 3.35. The Morgan fingerprint density at radius 3 is 2.67 bits per heavy atom. The van der Waals surface area contributed by atoms with Crippen molar-refractivity contribution in [2.75, 3.05) is 5.32 Å². The van der Waals surface area contributed by atoms with Gasteiger partial charge in [0.05, 0.1) is 17.4 Å². The van der Waals surface area contributed by atoms with Crippen LogP contribution < -0.4 is 5.32 Å². The summed E-state index contributed by atoms with van der Waals surface area (Å²) < 4.78 is 13.9. The molecule has 2 rings (SSSR count). The SMILES string of the molecule is Cc1nccnc1C(C)Nc1ccc(F)cc1I. The highest BCUT2D eigenvalue weighted by molar-refractivity contribution is 14.1. The van der Waals surface area contributed by atoms with Crippen LogP contribution in [0.4, 0.5) is 10.1 Å². The molecule has 0 aliphatic rings. The van der Waals surface area contributed by atoms with Crippen molar-refractivity contribution < 1.29 is 4.39 Å². The molecule has 3 nitrogen and oxygen atoms in total. The fraction of sp³-hybridized carbons (Fsp3) is 0.231. The third-order valence-electron chi connectivity index (χ3n) is 2.63. The Morgan fingerprint density at radius 2 is 2.00 bits per heavy atom. The van der Waals surface area contributed by atoms with Gasteiger partial charge in [0.1, 0.15) is 5.82 Å². The van der Waals surface area contributed by atoms with Gasteiger partial charge in [-0.05, 0) is 54.6 Å². The van der Waals surface area contributed by atoms with Crippen LogP contribution in [-0.4, -0.2) is 9.97 Å². The Balaban J connectivity index is 2.21. The molecule has 1 aromatic carbocycles. The molecule has 0 aliphatic heterocycles. The first-order chi connectivity index (χ1) is 8.58. The lowest BCUT2D eigenvalue weighted by Gasteiger charge is -2.17. The van der Waals surface area contributed by atoms with E-state index < -0.39 is 0 Å². The molecule has 1 N–H and O–H groups in total. The summed E-state index contributed by atoms with van der Waals surface area (Å²) in [7, 11) is 0. The average molecular weight is 357 g/mol. The minimum absolute atomic E-state index is 0.0256. The van der Waals surface area contributed by atoms with E-state index in [-0.39, 0.29) is 11.9 Å². The zero-order chi connectivity index (χ0) is 13.1. The molecular formula is C13H13FIN3. The van der Waals surface area contributed by atoms with Gasteiger partial charge < -0.3 is 5.32 Å². The Kier molecular flexibility index (Phi) is 4.11. The molecule has 18 heavy (non-hydrogen) atoms. The Hall–Kier alpha value is -1.24. The minimum atomic E-state index is -0.228. The van der Waals surface area contributed by atoms with Gasteiger partial charge in [-0.1, -0.05) is 0 Å². The first kappa shape index (κ1) is 13.2. The zero-order valence-electron chi connectivity index (χ0n) is 10.1. The van der Waals surface area contributed by atoms with Gasteiger partial charge in [-0.15, -0.1) is 0 Å². The largest absolute Gasteiger partial charge is 0.376 e. The first-order valence-electron chi connectivity index (χ1n) is 5.57. The van der Waals surface area contributed by atoms with E-state index in [2.05, 4.69) is 37.9 Å². The van der Waals surface area contributed by atoms with E-state index in [1.165, 1.54) is 12.1 Å². The summed E-state index contributed by atoms with van der Waals surface area (Å²) in [4.78, 5) is 8.53. The van der Waals surface area contributed by atoms with E-state index in [1.807, 2.05) is 13.8 Å². The van der Waals surface area contributed by atoms with Crippen LogP contribution in [0.3, 0.4) is 0 Å². The molecule has 1 atom stereocenters. The number of benzene rings is 1. The normalized spacial score (nSPS) is 12.2. The topological polar surface area (TPSA) is 37.8 Å². The Morgan fingerprint density at radius 1 is 1.28 bits per heavy atom. The average Bonchev–Trinajstić information content (AvgIpc) is 2.33. The van der Waals surface area contributed by atoms with Crippen LogP contribution in [0, 0.1) is 16.3 Å². The number of aryl methyl sites for hydroxylation is 1. The van der Waals surface area contributed by atoms with Crippen LogP contribution in [0.2, 0.25) is 0 Å². The summed E-state index contributed by atoms with van der Waals surface area (Å²) in [5.74, 6) is -0.228.